The molecule has 392 valence electrons. The first-order valence-electron chi connectivity index (χ1n) is 22.4. The molecule has 0 radical (unpaired) electrons. The Morgan fingerprint density at radius 1 is 0.653 bits per heavy atom. The van der Waals surface area contributed by atoms with Crippen LogP contribution in [0.15, 0.2) is 60.7 Å². The summed E-state index contributed by atoms with van der Waals surface area (Å²) in [6, 6.07) is 10.9. The van der Waals surface area contributed by atoms with Crippen molar-refractivity contribution in [2.45, 2.75) is 109 Å². The van der Waals surface area contributed by atoms with Crippen LogP contribution in [0, 0.1) is 11.6 Å². The normalized spacial score (nSPS) is 13.4. The number of hydrogen-bond donors (Lipinski definition) is 5. The third-order valence-electron chi connectivity index (χ3n) is 10.2. The van der Waals surface area contributed by atoms with Gasteiger partial charge in [0.15, 0.2) is 0 Å². The summed E-state index contributed by atoms with van der Waals surface area (Å²) in [7, 11) is -4.67. The van der Waals surface area contributed by atoms with E-state index in [0.29, 0.717) is 45.0 Å². The van der Waals surface area contributed by atoms with Crippen LogP contribution in [-0.4, -0.2) is 164 Å². The third-order valence-corrected chi connectivity index (χ3v) is 12.5. The number of hydrogen-bond acceptors (Lipinski definition) is 17. The summed E-state index contributed by atoms with van der Waals surface area (Å²) in [6.07, 6.45) is 3.54. The second kappa shape index (κ2) is 30.6. The Kier molecular flexibility index (Phi) is 27.8. The molecule has 4 aromatic rings. The molecule has 2 heterocycles. The predicted molar refractivity (Wildman–Crippen MR) is 270 cm³/mol. The Morgan fingerprint density at radius 2 is 0.972 bits per heavy atom. The molecule has 4 atom stereocenters. The van der Waals surface area contributed by atoms with Crippen LogP contribution in [0.3, 0.4) is 0 Å². The first-order valence-corrected chi connectivity index (χ1v) is 26.1. The Morgan fingerprint density at radius 3 is 1.21 bits per heavy atom. The fourth-order valence-corrected chi connectivity index (χ4v) is 7.03. The molecule has 0 aliphatic carbocycles. The van der Waals surface area contributed by atoms with Gasteiger partial charge in [-0.2, -0.15) is 0 Å². The summed E-state index contributed by atoms with van der Waals surface area (Å²) < 4.78 is 77.1. The molecule has 72 heavy (non-hydrogen) atoms. The maximum atomic E-state index is 13.5. The molecule has 4 rings (SSSR count). The summed E-state index contributed by atoms with van der Waals surface area (Å²) >= 11 is 0. The van der Waals surface area contributed by atoms with Crippen molar-refractivity contribution in [2.24, 2.45) is 5.73 Å². The van der Waals surface area contributed by atoms with Gasteiger partial charge in [0.1, 0.15) is 11.6 Å². The molecule has 2 aromatic heterocycles. The summed E-state index contributed by atoms with van der Waals surface area (Å²) in [4.78, 5) is 38.9. The molecule has 0 unspecified atom stereocenters. The number of anilines is 2. The molecule has 0 amide bonds. The van der Waals surface area contributed by atoms with Crippen LogP contribution in [0.4, 0.5) is 20.7 Å². The summed E-state index contributed by atoms with van der Waals surface area (Å²) in [5, 5.41) is 61.1. The topological polar surface area (TPSA) is 314 Å². The van der Waals surface area contributed by atoms with Gasteiger partial charge in [-0.15, -0.1) is 0 Å². The largest absolute Gasteiger partial charge is 2.00 e. The van der Waals surface area contributed by atoms with Crippen LogP contribution >= 0.6 is 0 Å². The van der Waals surface area contributed by atoms with Gasteiger partial charge in [-0.05, 0) is 73.3 Å². The van der Waals surface area contributed by atoms with Crippen molar-refractivity contribution >= 4 is 93.8 Å². The van der Waals surface area contributed by atoms with Crippen molar-refractivity contribution in [3.8, 4) is 22.5 Å². The Hall–Kier alpha value is -4.56. The molecule has 19 nitrogen and oxygen atoms in total. The first-order chi connectivity index (χ1) is 33.0. The van der Waals surface area contributed by atoms with Gasteiger partial charge in [-0.3, -0.25) is 0 Å². The van der Waals surface area contributed by atoms with Crippen molar-refractivity contribution in [1.82, 2.24) is 19.9 Å². The number of aliphatic hydroxyl groups excluding tert-OH is 4. The smallest absolute Gasteiger partial charge is 0.550 e. The van der Waals surface area contributed by atoms with Crippen LogP contribution in [0.2, 0.25) is 0 Å². The van der Waals surface area contributed by atoms with Gasteiger partial charge in [0.05, 0.1) is 59.7 Å². The molecule has 24 heteroatoms. The molecular formula is C48H65CaF2N7O12S2. The minimum atomic E-state index is -3.66. The second-order valence-electron chi connectivity index (χ2n) is 17.1. The van der Waals surface area contributed by atoms with Crippen LogP contribution in [0.1, 0.15) is 107 Å². The number of unbranched alkanes of at least 4 members (excludes halogenated alkanes) is 1. The maximum Gasteiger partial charge on any atom is 2.00 e. The number of aliphatic carboxylic acids is 2. The second-order valence-corrected chi connectivity index (χ2v) is 21.1. The van der Waals surface area contributed by atoms with Gasteiger partial charge >= 0.3 is 37.7 Å². The van der Waals surface area contributed by atoms with Gasteiger partial charge in [0, 0.05) is 74.0 Å². The molecular weight excluding hydrogens is 1010 g/mol. The van der Waals surface area contributed by atoms with Crippen molar-refractivity contribution in [3.63, 3.8) is 0 Å². The number of aliphatic hydroxyl groups is 4. The summed E-state index contributed by atoms with van der Waals surface area (Å²) in [6.45, 7) is 10.4. The number of carboxylic acids is 2. The summed E-state index contributed by atoms with van der Waals surface area (Å²) in [5.74, 6) is -4.28. The van der Waals surface area contributed by atoms with Crippen LogP contribution < -0.4 is 24.6 Å². The molecule has 0 saturated heterocycles. The molecule has 0 bridgehead atoms. The molecule has 0 saturated carbocycles. The number of benzene rings is 2. The zero-order valence-corrected chi connectivity index (χ0v) is 45.8. The quantitative estimate of drug-likeness (QED) is 0.0706. The number of carboxylic acid groups (broad SMARTS) is 2. The van der Waals surface area contributed by atoms with Gasteiger partial charge in [0.25, 0.3) is 0 Å². The molecule has 0 aliphatic heterocycles. The number of carbonyl (C=O) groups excluding carboxylic acids is 2. The number of nitrogens with two attached hydrogens (primary N) is 1. The molecule has 0 fully saturated rings. The van der Waals surface area contributed by atoms with E-state index in [-0.39, 0.29) is 74.3 Å². The average Bonchev–Trinajstić information content (AvgIpc) is 3.26. The Balaban J connectivity index is 0.000000649. The van der Waals surface area contributed by atoms with E-state index in [9.17, 15) is 65.8 Å². The number of aromatic nitrogens is 4. The maximum absolute atomic E-state index is 13.5. The zero-order chi connectivity index (χ0) is 54.0. The minimum Gasteiger partial charge on any atom is -0.550 e. The van der Waals surface area contributed by atoms with Crippen LogP contribution in [0.25, 0.3) is 34.7 Å². The molecule has 0 aliphatic rings. The SMILES string of the molecule is CC(C)c1nc(N(C)S(C)(=O)=O)nc(-c2ccc(F)cc2)c1C=C[C@@H](O)C[C@@H](O)CC(=O)[O-].CC(C)c1nc(N(C)S(C)(=O)=O)nc(-c2ccc(F)cc2)c1C=C[C@@H](O)C[C@@H](O)CC(=O)[O-].CCCCN.[Ca+2]. The van der Waals surface area contributed by atoms with Crippen molar-refractivity contribution in [1.29, 1.82) is 0 Å². The number of carbonyl (C=O) groups is 2. The van der Waals surface area contributed by atoms with Crippen molar-refractivity contribution in [3.05, 3.63) is 94.8 Å². The third kappa shape index (κ3) is 21.9. The van der Waals surface area contributed by atoms with E-state index in [1.807, 2.05) is 27.7 Å². The fraction of sp³-hybridized carbons (Fsp3) is 0.458. The Labute approximate surface area is 450 Å². The van der Waals surface area contributed by atoms with Gasteiger partial charge in [-0.25, -0.2) is 54.2 Å². The minimum absolute atomic E-state index is 0. The van der Waals surface area contributed by atoms with E-state index in [1.165, 1.54) is 99.8 Å². The number of nitrogens with zero attached hydrogens (tertiary/aromatic N) is 6. The van der Waals surface area contributed by atoms with Gasteiger partial charge in [0.2, 0.25) is 31.9 Å². The van der Waals surface area contributed by atoms with Crippen LogP contribution in [0.5, 0.6) is 0 Å². The van der Waals surface area contributed by atoms with Crippen LogP contribution in [-0.2, 0) is 29.6 Å². The predicted octanol–water partition coefficient (Wildman–Crippen LogP) is 2.50. The standard InChI is InChI=1S/2C22H28FN3O6S.C4H11N.Ca/c2*1-13(2)20-18(10-9-16(27)11-17(28)12-19(29)30)21(14-5-7-15(23)8-6-14)25-22(24-20)26(3)33(4,31)32;1-2-3-4-5;/h2*5-10,13,16-17,27-28H,11-12H2,1-4H3,(H,29,30);2-5H2,1H3;/q;;;+2/p-2/t2*16-,17-;;/m11../s1. The number of sulfonamides is 2. The van der Waals surface area contributed by atoms with E-state index in [2.05, 4.69) is 26.9 Å². The zero-order valence-electron chi connectivity index (χ0n) is 41.9. The van der Waals surface area contributed by atoms with Crippen molar-refractivity contribution in [2.75, 3.05) is 41.8 Å². The molecule has 0 spiro atoms. The fourth-order valence-electron chi connectivity index (χ4n) is 6.28. The monoisotopic (exact) mass is 1070 g/mol. The Bertz CT molecular complexity index is 2480. The number of halogens is 2. The molecule has 2 aromatic carbocycles. The number of rotatable bonds is 22. The van der Waals surface area contributed by atoms with E-state index in [4.69, 9.17) is 5.73 Å². The van der Waals surface area contributed by atoms with E-state index < -0.39 is 80.9 Å². The van der Waals surface area contributed by atoms with E-state index >= 15 is 0 Å². The van der Waals surface area contributed by atoms with E-state index in [1.54, 1.807) is 0 Å². The first kappa shape index (κ1) is 65.5. The van der Waals surface area contributed by atoms with E-state index in [0.717, 1.165) is 27.7 Å². The summed E-state index contributed by atoms with van der Waals surface area (Å²) in [5.41, 5.74) is 8.66. The van der Waals surface area contributed by atoms with Crippen molar-refractivity contribution < 1.29 is 65.8 Å². The molecule has 6 N–H and O–H groups in total. The van der Waals surface area contributed by atoms with Gasteiger partial charge < -0.3 is 46.0 Å². The van der Waals surface area contributed by atoms with Gasteiger partial charge in [-0.1, -0.05) is 65.3 Å². The average molecular weight is 1070 g/mol.